The third kappa shape index (κ3) is 2.92. The minimum absolute atomic E-state index is 0.00468. The zero-order valence-corrected chi connectivity index (χ0v) is 10.3. The molecule has 1 atom stereocenters. The number of likely N-dealkylation sites (N-methyl/N-ethyl adjacent to an activating group) is 1. The average Bonchev–Trinajstić information content (AvgIpc) is 2.25. The highest BCUT2D eigenvalue weighted by Gasteiger charge is 2.35. The van der Waals surface area contributed by atoms with E-state index in [0.29, 0.717) is 0 Å². The molecule has 4 heteroatoms. The van der Waals surface area contributed by atoms with E-state index in [0.717, 1.165) is 25.9 Å². The summed E-state index contributed by atoms with van der Waals surface area (Å²) in [4.78, 5) is 14.0. The molecule has 0 aromatic rings. The Labute approximate surface area is 92.4 Å². The van der Waals surface area contributed by atoms with Crippen molar-refractivity contribution in [3.8, 4) is 0 Å². The Morgan fingerprint density at radius 1 is 1.60 bits per heavy atom. The highest BCUT2D eigenvalue weighted by Crippen LogP contribution is 2.23. The van der Waals surface area contributed by atoms with Crippen molar-refractivity contribution in [2.24, 2.45) is 0 Å². The van der Waals surface area contributed by atoms with Crippen LogP contribution in [0.25, 0.3) is 0 Å². The maximum Gasteiger partial charge on any atom is 0.237 e. The molecule has 1 fully saturated rings. The summed E-state index contributed by atoms with van der Waals surface area (Å²) in [5.74, 6) is 0.165. The first-order valence-electron chi connectivity index (χ1n) is 5.64. The molecule has 1 saturated heterocycles. The van der Waals surface area contributed by atoms with E-state index in [1.165, 1.54) is 0 Å². The largest absolute Gasteiger partial charge is 0.355 e. The van der Waals surface area contributed by atoms with Gasteiger partial charge in [0.25, 0.3) is 0 Å². The van der Waals surface area contributed by atoms with Crippen molar-refractivity contribution in [1.29, 1.82) is 0 Å². The van der Waals surface area contributed by atoms with Crippen LogP contribution < -0.4 is 10.6 Å². The highest BCUT2D eigenvalue weighted by molar-refractivity contribution is 5.82. The summed E-state index contributed by atoms with van der Waals surface area (Å²) in [7, 11) is 3.96. The Balaban J connectivity index is 2.73. The number of nitrogens with zero attached hydrogens (tertiary/aromatic N) is 1. The molecule has 0 aromatic carbocycles. The molecule has 4 nitrogen and oxygen atoms in total. The van der Waals surface area contributed by atoms with Crippen molar-refractivity contribution in [1.82, 2.24) is 15.5 Å². The van der Waals surface area contributed by atoms with E-state index in [1.54, 1.807) is 0 Å². The van der Waals surface area contributed by atoms with Crippen molar-refractivity contribution in [3.63, 3.8) is 0 Å². The fraction of sp³-hybridized carbons (Fsp3) is 0.909. The first-order chi connectivity index (χ1) is 6.99. The van der Waals surface area contributed by atoms with Crippen molar-refractivity contribution in [2.75, 3.05) is 27.2 Å². The van der Waals surface area contributed by atoms with Gasteiger partial charge < -0.3 is 10.6 Å². The molecular weight excluding hydrogens is 190 g/mol. The Bertz CT molecular complexity index is 228. The maximum absolute atomic E-state index is 11.8. The molecule has 1 unspecified atom stereocenters. The van der Waals surface area contributed by atoms with Crippen LogP contribution in [0, 0.1) is 0 Å². The first kappa shape index (κ1) is 12.5. The second kappa shape index (κ2) is 4.94. The topological polar surface area (TPSA) is 44.4 Å². The first-order valence-corrected chi connectivity index (χ1v) is 5.64. The van der Waals surface area contributed by atoms with E-state index >= 15 is 0 Å². The van der Waals surface area contributed by atoms with Gasteiger partial charge in [-0.25, -0.2) is 0 Å². The van der Waals surface area contributed by atoms with Crippen LogP contribution in [0.1, 0.15) is 26.7 Å². The van der Waals surface area contributed by atoms with Crippen molar-refractivity contribution in [2.45, 2.75) is 38.3 Å². The Morgan fingerprint density at radius 2 is 2.27 bits per heavy atom. The van der Waals surface area contributed by atoms with E-state index in [2.05, 4.69) is 29.4 Å². The van der Waals surface area contributed by atoms with Gasteiger partial charge in [-0.05, 0) is 47.3 Å². The van der Waals surface area contributed by atoms with Gasteiger partial charge in [-0.3, -0.25) is 9.69 Å². The fourth-order valence-electron chi connectivity index (χ4n) is 1.99. The van der Waals surface area contributed by atoms with E-state index < -0.39 is 0 Å². The van der Waals surface area contributed by atoms with E-state index in [-0.39, 0.29) is 17.5 Å². The van der Waals surface area contributed by atoms with Crippen LogP contribution in [-0.4, -0.2) is 49.6 Å². The molecule has 88 valence electrons. The standard InChI is InChI=1S/C11H23N3O/c1-11(2)6-8-13-10(15)9(14(11)4)5-7-12-3/h9,12H,5-8H2,1-4H3,(H,13,15). The molecule has 0 aliphatic carbocycles. The summed E-state index contributed by atoms with van der Waals surface area (Å²) in [6.07, 6.45) is 1.87. The molecule has 0 spiro atoms. The summed E-state index contributed by atoms with van der Waals surface area (Å²) >= 11 is 0. The predicted molar refractivity (Wildman–Crippen MR) is 61.8 cm³/mol. The zero-order chi connectivity index (χ0) is 11.5. The molecular formula is C11H23N3O. The summed E-state index contributed by atoms with van der Waals surface area (Å²) in [5.41, 5.74) is 0.0948. The van der Waals surface area contributed by atoms with Crippen LogP contribution >= 0.6 is 0 Å². The van der Waals surface area contributed by atoms with Gasteiger partial charge in [0.15, 0.2) is 0 Å². The van der Waals surface area contributed by atoms with Crippen LogP contribution in [-0.2, 0) is 4.79 Å². The molecule has 1 aliphatic rings. The summed E-state index contributed by atoms with van der Waals surface area (Å²) in [6, 6.07) is -0.00468. The summed E-state index contributed by atoms with van der Waals surface area (Å²) in [5, 5.41) is 6.08. The van der Waals surface area contributed by atoms with Crippen molar-refractivity contribution in [3.05, 3.63) is 0 Å². The average molecular weight is 213 g/mol. The zero-order valence-electron chi connectivity index (χ0n) is 10.3. The number of carbonyl (C=O) groups is 1. The monoisotopic (exact) mass is 213 g/mol. The van der Waals surface area contributed by atoms with Crippen LogP contribution in [0.15, 0.2) is 0 Å². The number of carbonyl (C=O) groups excluding carboxylic acids is 1. The molecule has 1 heterocycles. The van der Waals surface area contributed by atoms with Gasteiger partial charge in [0.2, 0.25) is 5.91 Å². The van der Waals surface area contributed by atoms with Crippen LogP contribution in [0.4, 0.5) is 0 Å². The molecule has 0 bridgehead atoms. The van der Waals surface area contributed by atoms with Gasteiger partial charge >= 0.3 is 0 Å². The molecule has 2 N–H and O–H groups in total. The number of hydrogen-bond donors (Lipinski definition) is 2. The molecule has 15 heavy (non-hydrogen) atoms. The van der Waals surface area contributed by atoms with Crippen LogP contribution in [0.3, 0.4) is 0 Å². The Kier molecular flexibility index (Phi) is 4.11. The minimum atomic E-state index is -0.00468. The van der Waals surface area contributed by atoms with Crippen molar-refractivity contribution < 1.29 is 4.79 Å². The van der Waals surface area contributed by atoms with Gasteiger partial charge in [-0.1, -0.05) is 0 Å². The van der Waals surface area contributed by atoms with Gasteiger partial charge in [0, 0.05) is 12.1 Å². The number of nitrogens with one attached hydrogen (secondary N) is 2. The van der Waals surface area contributed by atoms with E-state index in [4.69, 9.17) is 0 Å². The fourth-order valence-corrected chi connectivity index (χ4v) is 1.99. The highest BCUT2D eigenvalue weighted by atomic mass is 16.2. The molecule has 1 aliphatic heterocycles. The molecule has 0 saturated carbocycles. The Hall–Kier alpha value is -0.610. The van der Waals surface area contributed by atoms with E-state index in [1.807, 2.05) is 14.1 Å². The normalized spacial score (nSPS) is 27.2. The number of rotatable bonds is 3. The van der Waals surface area contributed by atoms with Gasteiger partial charge in [-0.15, -0.1) is 0 Å². The van der Waals surface area contributed by atoms with Gasteiger partial charge in [-0.2, -0.15) is 0 Å². The second-order valence-electron chi connectivity index (χ2n) is 4.87. The summed E-state index contributed by atoms with van der Waals surface area (Å²) < 4.78 is 0. The van der Waals surface area contributed by atoms with Crippen LogP contribution in [0.2, 0.25) is 0 Å². The van der Waals surface area contributed by atoms with Gasteiger partial charge in [0.05, 0.1) is 6.04 Å². The molecule has 0 aromatic heterocycles. The minimum Gasteiger partial charge on any atom is -0.355 e. The number of amides is 1. The van der Waals surface area contributed by atoms with E-state index in [9.17, 15) is 4.79 Å². The van der Waals surface area contributed by atoms with Crippen molar-refractivity contribution >= 4 is 5.91 Å². The molecule has 1 rings (SSSR count). The second-order valence-corrected chi connectivity index (χ2v) is 4.87. The molecule has 0 radical (unpaired) electrons. The lowest BCUT2D eigenvalue weighted by atomic mass is 9.97. The maximum atomic E-state index is 11.8. The predicted octanol–water partition coefficient (Wildman–Crippen LogP) is 0.195. The lowest BCUT2D eigenvalue weighted by Gasteiger charge is -2.37. The third-order valence-electron chi connectivity index (χ3n) is 3.43. The Morgan fingerprint density at radius 3 is 2.87 bits per heavy atom. The lowest BCUT2D eigenvalue weighted by Crippen LogP contribution is -2.50. The lowest BCUT2D eigenvalue weighted by molar-refractivity contribution is -0.126. The van der Waals surface area contributed by atoms with Gasteiger partial charge in [0.1, 0.15) is 0 Å². The van der Waals surface area contributed by atoms with Crippen LogP contribution in [0.5, 0.6) is 0 Å². The SMILES string of the molecule is CNCCC1C(=O)NCCC(C)(C)N1C. The number of hydrogen-bond acceptors (Lipinski definition) is 3. The molecule has 1 amide bonds. The smallest absolute Gasteiger partial charge is 0.237 e. The quantitative estimate of drug-likeness (QED) is 0.703. The summed E-state index contributed by atoms with van der Waals surface area (Å²) in [6.45, 7) is 6.05. The third-order valence-corrected chi connectivity index (χ3v) is 3.43.